The van der Waals surface area contributed by atoms with E-state index in [-0.39, 0.29) is 0 Å². The molecule has 0 spiro atoms. The van der Waals surface area contributed by atoms with Crippen molar-refractivity contribution >= 4 is 0 Å². The average Bonchev–Trinajstić information content (AvgIpc) is 2.19. The summed E-state index contributed by atoms with van der Waals surface area (Å²) in [4.78, 5) is 0. The van der Waals surface area contributed by atoms with Gasteiger partial charge in [-0.3, -0.25) is 0 Å². The molecule has 1 aromatic rings. The number of nitrogens with one attached hydrogen (secondary N) is 1. The summed E-state index contributed by atoms with van der Waals surface area (Å²) in [5.41, 5.74) is 0. The Morgan fingerprint density at radius 2 is 1.92 bits per heavy atom. The van der Waals surface area contributed by atoms with Crippen LogP contribution in [0.4, 0.5) is 0 Å². The first-order valence-electron chi connectivity index (χ1n) is 4.82. The van der Waals surface area contributed by atoms with Gasteiger partial charge in [-0.25, -0.2) is 0 Å². The molecule has 0 saturated carbocycles. The van der Waals surface area contributed by atoms with Gasteiger partial charge in [-0.2, -0.15) is 0 Å². The molecule has 0 radical (unpaired) electrons. The van der Waals surface area contributed by atoms with Crippen molar-refractivity contribution in [3.05, 3.63) is 30.3 Å². The molecule has 1 aromatic carbocycles. The van der Waals surface area contributed by atoms with Crippen molar-refractivity contribution in [3.8, 4) is 5.75 Å². The van der Waals surface area contributed by atoms with E-state index in [1.165, 1.54) is 6.42 Å². The highest BCUT2D eigenvalue weighted by molar-refractivity contribution is 5.20. The molecule has 0 aliphatic rings. The number of benzene rings is 1. The van der Waals surface area contributed by atoms with Gasteiger partial charge in [0.25, 0.3) is 0 Å². The molecule has 0 fully saturated rings. The maximum Gasteiger partial charge on any atom is 0.119 e. The van der Waals surface area contributed by atoms with Gasteiger partial charge in [0.15, 0.2) is 0 Å². The molecule has 0 unspecified atom stereocenters. The van der Waals surface area contributed by atoms with Crippen LogP contribution in [-0.4, -0.2) is 19.7 Å². The Morgan fingerprint density at radius 3 is 2.62 bits per heavy atom. The van der Waals surface area contributed by atoms with Gasteiger partial charge in [0.1, 0.15) is 12.4 Å². The third-order valence-electron chi connectivity index (χ3n) is 1.72. The molecule has 0 aromatic heterocycles. The van der Waals surface area contributed by atoms with Gasteiger partial charge in [0, 0.05) is 6.54 Å². The lowest BCUT2D eigenvalue weighted by molar-refractivity contribution is 0.314. The van der Waals surface area contributed by atoms with E-state index in [9.17, 15) is 0 Å². The molecule has 1 N–H and O–H groups in total. The Kier molecular flexibility index (Phi) is 5.02. The fraction of sp³-hybridized carbons (Fsp3) is 0.455. The lowest BCUT2D eigenvalue weighted by atomic mass is 10.3. The zero-order valence-electron chi connectivity index (χ0n) is 8.12. The summed E-state index contributed by atoms with van der Waals surface area (Å²) in [6.07, 6.45) is 1.17. The average molecular weight is 179 g/mol. The molecule has 0 bridgehead atoms. The van der Waals surface area contributed by atoms with E-state index in [4.69, 9.17) is 4.74 Å². The molecule has 0 aliphatic carbocycles. The summed E-state index contributed by atoms with van der Waals surface area (Å²) in [7, 11) is 0. The lowest BCUT2D eigenvalue weighted by Gasteiger charge is -2.05. The van der Waals surface area contributed by atoms with E-state index in [2.05, 4.69) is 12.2 Å². The summed E-state index contributed by atoms with van der Waals surface area (Å²) in [5.74, 6) is 0.945. The van der Waals surface area contributed by atoms with Crippen molar-refractivity contribution in [2.24, 2.45) is 0 Å². The van der Waals surface area contributed by atoms with Crippen LogP contribution in [0.15, 0.2) is 30.3 Å². The first-order chi connectivity index (χ1) is 6.43. The Bertz CT molecular complexity index is 211. The summed E-state index contributed by atoms with van der Waals surface area (Å²) in [5, 5.41) is 3.28. The van der Waals surface area contributed by atoms with Gasteiger partial charge in [-0.1, -0.05) is 25.1 Å². The lowest BCUT2D eigenvalue weighted by Crippen LogP contribution is -2.21. The number of rotatable bonds is 6. The molecule has 1 rings (SSSR count). The second-order valence-corrected chi connectivity index (χ2v) is 2.91. The quantitative estimate of drug-likeness (QED) is 0.675. The number of hydrogen-bond acceptors (Lipinski definition) is 2. The number of para-hydroxylation sites is 1. The predicted molar refractivity (Wildman–Crippen MR) is 55.1 cm³/mol. The minimum Gasteiger partial charge on any atom is -0.492 e. The standard InChI is InChI=1S/C11H17NO/c1-2-8-12-9-10-13-11-6-4-3-5-7-11/h3-7,12H,2,8-10H2,1H3. The fourth-order valence-electron chi connectivity index (χ4n) is 1.06. The van der Waals surface area contributed by atoms with Crippen LogP contribution in [0.2, 0.25) is 0 Å². The Balaban J connectivity index is 2.07. The molecular formula is C11H17NO. The van der Waals surface area contributed by atoms with E-state index >= 15 is 0 Å². The van der Waals surface area contributed by atoms with Crippen LogP contribution in [-0.2, 0) is 0 Å². The van der Waals surface area contributed by atoms with Crippen LogP contribution >= 0.6 is 0 Å². The van der Waals surface area contributed by atoms with E-state index in [0.717, 1.165) is 25.4 Å². The Morgan fingerprint density at radius 1 is 1.15 bits per heavy atom. The SMILES string of the molecule is CCCNCCOc1ccccc1. The van der Waals surface area contributed by atoms with Crippen molar-refractivity contribution in [3.63, 3.8) is 0 Å². The van der Waals surface area contributed by atoms with Crippen molar-refractivity contribution in [2.75, 3.05) is 19.7 Å². The molecular weight excluding hydrogens is 162 g/mol. The second-order valence-electron chi connectivity index (χ2n) is 2.91. The zero-order valence-corrected chi connectivity index (χ0v) is 8.12. The molecule has 0 heterocycles. The monoisotopic (exact) mass is 179 g/mol. The van der Waals surface area contributed by atoms with Crippen LogP contribution in [0.1, 0.15) is 13.3 Å². The molecule has 0 saturated heterocycles. The maximum absolute atomic E-state index is 5.49. The minimum atomic E-state index is 0.740. The third-order valence-corrected chi connectivity index (χ3v) is 1.72. The first-order valence-corrected chi connectivity index (χ1v) is 4.82. The zero-order chi connectivity index (χ0) is 9.36. The molecule has 0 aliphatic heterocycles. The second kappa shape index (κ2) is 6.49. The highest BCUT2D eigenvalue weighted by Gasteiger charge is 1.89. The van der Waals surface area contributed by atoms with Gasteiger partial charge >= 0.3 is 0 Å². The van der Waals surface area contributed by atoms with Crippen molar-refractivity contribution in [2.45, 2.75) is 13.3 Å². The Labute approximate surface area is 79.9 Å². The summed E-state index contributed by atoms with van der Waals surface area (Å²) in [6.45, 7) is 4.88. The Hall–Kier alpha value is -1.02. The molecule has 72 valence electrons. The third kappa shape index (κ3) is 4.53. The smallest absolute Gasteiger partial charge is 0.119 e. The van der Waals surface area contributed by atoms with Gasteiger partial charge in [-0.05, 0) is 25.1 Å². The number of hydrogen-bond donors (Lipinski definition) is 1. The predicted octanol–water partition coefficient (Wildman–Crippen LogP) is 2.06. The van der Waals surface area contributed by atoms with E-state index in [1.54, 1.807) is 0 Å². The summed E-state index contributed by atoms with van der Waals surface area (Å²) >= 11 is 0. The normalized spacial score (nSPS) is 9.92. The summed E-state index contributed by atoms with van der Waals surface area (Å²) < 4.78 is 5.49. The van der Waals surface area contributed by atoms with Crippen LogP contribution in [0.25, 0.3) is 0 Å². The highest BCUT2D eigenvalue weighted by Crippen LogP contribution is 2.07. The van der Waals surface area contributed by atoms with Crippen LogP contribution in [0.3, 0.4) is 0 Å². The largest absolute Gasteiger partial charge is 0.492 e. The first kappa shape index (κ1) is 10.1. The van der Waals surface area contributed by atoms with Crippen LogP contribution in [0, 0.1) is 0 Å². The molecule has 0 atom stereocenters. The van der Waals surface area contributed by atoms with Crippen LogP contribution < -0.4 is 10.1 Å². The van der Waals surface area contributed by atoms with Gasteiger partial charge in [0.05, 0.1) is 0 Å². The van der Waals surface area contributed by atoms with E-state index in [0.29, 0.717) is 0 Å². The van der Waals surface area contributed by atoms with Crippen molar-refractivity contribution in [1.29, 1.82) is 0 Å². The minimum absolute atomic E-state index is 0.740. The summed E-state index contributed by atoms with van der Waals surface area (Å²) in [6, 6.07) is 9.89. The maximum atomic E-state index is 5.49. The van der Waals surface area contributed by atoms with Crippen molar-refractivity contribution < 1.29 is 4.74 Å². The highest BCUT2D eigenvalue weighted by atomic mass is 16.5. The van der Waals surface area contributed by atoms with Gasteiger partial charge < -0.3 is 10.1 Å². The van der Waals surface area contributed by atoms with Crippen molar-refractivity contribution in [1.82, 2.24) is 5.32 Å². The fourth-order valence-corrected chi connectivity index (χ4v) is 1.06. The van der Waals surface area contributed by atoms with Crippen LogP contribution in [0.5, 0.6) is 5.75 Å². The van der Waals surface area contributed by atoms with E-state index < -0.39 is 0 Å². The topological polar surface area (TPSA) is 21.3 Å². The molecule has 0 amide bonds. The molecule has 2 heteroatoms. The molecule has 2 nitrogen and oxygen atoms in total. The number of ether oxygens (including phenoxy) is 1. The van der Waals surface area contributed by atoms with E-state index in [1.807, 2.05) is 30.3 Å². The van der Waals surface area contributed by atoms with Gasteiger partial charge in [-0.15, -0.1) is 0 Å². The molecule has 13 heavy (non-hydrogen) atoms. The van der Waals surface area contributed by atoms with Gasteiger partial charge in [0.2, 0.25) is 0 Å².